The summed E-state index contributed by atoms with van der Waals surface area (Å²) in [6.07, 6.45) is 1.11. The van der Waals surface area contributed by atoms with Gasteiger partial charge in [0, 0.05) is 45.8 Å². The number of nitrogens with one attached hydrogen (secondary N) is 1. The van der Waals surface area contributed by atoms with Crippen LogP contribution in [0, 0.1) is 5.82 Å². The van der Waals surface area contributed by atoms with Crippen molar-refractivity contribution in [3.63, 3.8) is 0 Å². The molecule has 2 aliphatic rings. The molecule has 9 nitrogen and oxygen atoms in total. The second-order valence-corrected chi connectivity index (χ2v) is 11.1. The van der Waals surface area contributed by atoms with E-state index in [-0.39, 0.29) is 16.6 Å². The zero-order valence-electron chi connectivity index (χ0n) is 19.1. The van der Waals surface area contributed by atoms with Crippen molar-refractivity contribution in [2.75, 3.05) is 50.7 Å². The highest BCUT2D eigenvalue weighted by atomic mass is 32.2. The first-order valence-corrected chi connectivity index (χ1v) is 13.8. The second kappa shape index (κ2) is 10.1. The summed E-state index contributed by atoms with van der Waals surface area (Å²) in [5, 5.41) is 2.92. The molecule has 186 valence electrons. The molecule has 0 saturated carbocycles. The fourth-order valence-electron chi connectivity index (χ4n) is 4.78. The number of benzene rings is 2. The Kier molecular flexibility index (Phi) is 6.96. The van der Waals surface area contributed by atoms with Gasteiger partial charge in [-0.3, -0.25) is 9.69 Å². The molecular weight excluding hydrogens is 491 g/mol. The maximum atomic E-state index is 14.0. The summed E-state index contributed by atoms with van der Waals surface area (Å²) in [5.41, 5.74) is 1.50. The Balaban J connectivity index is 1.15. The average molecular weight is 519 g/mol. The van der Waals surface area contributed by atoms with Gasteiger partial charge in [0.1, 0.15) is 27.8 Å². The summed E-state index contributed by atoms with van der Waals surface area (Å²) >= 11 is 0.968. The van der Waals surface area contributed by atoms with Gasteiger partial charge >= 0.3 is 0 Å². The lowest BCUT2D eigenvalue weighted by Crippen LogP contribution is -2.50. The predicted octanol–water partition coefficient (Wildman–Crippen LogP) is 1.92. The Morgan fingerprint density at radius 1 is 1.06 bits per heavy atom. The molecule has 1 unspecified atom stereocenters. The van der Waals surface area contributed by atoms with Crippen LogP contribution in [0.15, 0.2) is 47.4 Å². The molecule has 12 heteroatoms. The number of amides is 1. The Hall–Kier alpha value is -2.67. The lowest BCUT2D eigenvalue weighted by molar-refractivity contribution is -0.124. The normalized spacial score (nSPS) is 19.9. The highest BCUT2D eigenvalue weighted by molar-refractivity contribution is 7.89. The number of anilines is 1. The molecule has 1 aromatic heterocycles. The van der Waals surface area contributed by atoms with Gasteiger partial charge in [0.2, 0.25) is 15.9 Å². The van der Waals surface area contributed by atoms with Crippen molar-refractivity contribution in [2.24, 2.45) is 0 Å². The van der Waals surface area contributed by atoms with Crippen LogP contribution in [0.2, 0.25) is 0 Å². The number of carbonyl (C=O) groups is 1. The van der Waals surface area contributed by atoms with E-state index >= 15 is 0 Å². The second-order valence-electron chi connectivity index (χ2n) is 8.73. The largest absolute Gasteiger partial charge is 0.367 e. The molecule has 3 aromatic rings. The number of nitrogens with zero attached hydrogens (tertiary/aromatic N) is 5. The van der Waals surface area contributed by atoms with Crippen molar-refractivity contribution in [2.45, 2.75) is 23.8 Å². The first kappa shape index (κ1) is 24.0. The molecule has 2 aliphatic heterocycles. The molecule has 0 bridgehead atoms. The minimum Gasteiger partial charge on any atom is -0.367 e. The van der Waals surface area contributed by atoms with Crippen molar-refractivity contribution in [1.29, 1.82) is 0 Å². The van der Waals surface area contributed by atoms with Gasteiger partial charge in [-0.05, 0) is 37.1 Å². The molecule has 1 atom stereocenters. The SMILES string of the molecule is O=C(NCCN1CCN(c2ccccc2F)CC1)C1CCCN1S(=O)(=O)c1cccc2nsnc12. The van der Waals surface area contributed by atoms with Crippen LogP contribution in [0.5, 0.6) is 0 Å². The van der Waals surface area contributed by atoms with E-state index in [0.29, 0.717) is 62.3 Å². The van der Waals surface area contributed by atoms with E-state index in [0.717, 1.165) is 24.8 Å². The summed E-state index contributed by atoms with van der Waals surface area (Å²) in [6.45, 7) is 4.32. The number of aromatic nitrogens is 2. The third-order valence-electron chi connectivity index (χ3n) is 6.63. The Labute approximate surface area is 207 Å². The van der Waals surface area contributed by atoms with E-state index in [9.17, 15) is 17.6 Å². The Bertz CT molecular complexity index is 1310. The van der Waals surface area contributed by atoms with Gasteiger partial charge in [-0.1, -0.05) is 18.2 Å². The number of fused-ring (bicyclic) bond motifs is 1. The first-order valence-electron chi connectivity index (χ1n) is 11.7. The number of halogens is 1. The lowest BCUT2D eigenvalue weighted by atomic mass is 10.2. The quantitative estimate of drug-likeness (QED) is 0.510. The number of piperazine rings is 1. The highest BCUT2D eigenvalue weighted by Gasteiger charge is 2.40. The summed E-state index contributed by atoms with van der Waals surface area (Å²) in [4.78, 5) is 17.3. The van der Waals surface area contributed by atoms with Crippen LogP contribution >= 0.6 is 11.7 Å². The fourth-order valence-corrected chi connectivity index (χ4v) is 7.19. The van der Waals surface area contributed by atoms with Crippen LogP contribution in [-0.2, 0) is 14.8 Å². The minimum absolute atomic E-state index is 0.0937. The van der Waals surface area contributed by atoms with Crippen molar-refractivity contribution >= 4 is 44.4 Å². The number of hydrogen-bond acceptors (Lipinski definition) is 8. The van der Waals surface area contributed by atoms with Gasteiger partial charge in [0.15, 0.2) is 0 Å². The molecule has 2 aromatic carbocycles. The van der Waals surface area contributed by atoms with Crippen molar-refractivity contribution in [1.82, 2.24) is 23.3 Å². The predicted molar refractivity (Wildman–Crippen MR) is 132 cm³/mol. The van der Waals surface area contributed by atoms with Crippen LogP contribution in [0.4, 0.5) is 10.1 Å². The van der Waals surface area contributed by atoms with Gasteiger partial charge in [-0.2, -0.15) is 13.1 Å². The molecular formula is C23H27FN6O3S2. The average Bonchev–Trinajstić information content (AvgIpc) is 3.55. The van der Waals surface area contributed by atoms with Crippen LogP contribution in [0.3, 0.4) is 0 Å². The molecule has 1 amide bonds. The van der Waals surface area contributed by atoms with Crippen molar-refractivity contribution < 1.29 is 17.6 Å². The van der Waals surface area contributed by atoms with Crippen LogP contribution in [0.25, 0.3) is 11.0 Å². The van der Waals surface area contributed by atoms with Gasteiger partial charge < -0.3 is 10.2 Å². The Morgan fingerprint density at radius 3 is 2.66 bits per heavy atom. The maximum absolute atomic E-state index is 14.0. The number of para-hydroxylation sites is 1. The van der Waals surface area contributed by atoms with Gasteiger partial charge in [0.25, 0.3) is 0 Å². The standard InChI is InChI=1S/C23H27FN6O3S2/c24-17-5-1-2-7-19(17)29-15-13-28(14-16-29)12-10-25-23(31)20-8-4-11-30(20)35(32,33)21-9-3-6-18-22(21)27-34-26-18/h1-3,5-7,9,20H,4,8,10-16H2,(H,25,31). The zero-order valence-corrected chi connectivity index (χ0v) is 20.8. The molecule has 5 rings (SSSR count). The molecule has 0 spiro atoms. The smallest absolute Gasteiger partial charge is 0.246 e. The third-order valence-corrected chi connectivity index (χ3v) is 9.12. The molecule has 0 radical (unpaired) electrons. The van der Waals surface area contributed by atoms with Crippen LogP contribution < -0.4 is 10.2 Å². The summed E-state index contributed by atoms with van der Waals surface area (Å²) in [5.74, 6) is -0.494. The van der Waals surface area contributed by atoms with E-state index < -0.39 is 16.1 Å². The number of rotatable bonds is 7. The molecule has 35 heavy (non-hydrogen) atoms. The number of carbonyl (C=O) groups excluding carboxylic acids is 1. The monoisotopic (exact) mass is 518 g/mol. The molecule has 2 fully saturated rings. The highest BCUT2D eigenvalue weighted by Crippen LogP contribution is 2.30. The topological polar surface area (TPSA) is 98.7 Å². The summed E-state index contributed by atoms with van der Waals surface area (Å²) < 4.78 is 50.4. The molecule has 1 N–H and O–H groups in total. The number of sulfonamides is 1. The molecule has 2 saturated heterocycles. The fraction of sp³-hybridized carbons (Fsp3) is 0.435. The van der Waals surface area contributed by atoms with E-state index in [1.165, 1.54) is 16.4 Å². The van der Waals surface area contributed by atoms with E-state index in [1.54, 1.807) is 24.3 Å². The summed E-state index contributed by atoms with van der Waals surface area (Å²) in [7, 11) is -3.88. The third kappa shape index (κ3) is 4.88. The summed E-state index contributed by atoms with van der Waals surface area (Å²) in [6, 6.07) is 10.9. The van der Waals surface area contributed by atoms with E-state index in [2.05, 4.69) is 19.0 Å². The van der Waals surface area contributed by atoms with Gasteiger partial charge in [-0.25, -0.2) is 12.8 Å². The Morgan fingerprint density at radius 2 is 1.86 bits per heavy atom. The van der Waals surface area contributed by atoms with E-state index in [1.807, 2.05) is 11.0 Å². The molecule has 0 aliphatic carbocycles. The maximum Gasteiger partial charge on any atom is 0.246 e. The van der Waals surface area contributed by atoms with Crippen molar-refractivity contribution in [3.05, 3.63) is 48.3 Å². The molecule has 3 heterocycles. The van der Waals surface area contributed by atoms with Crippen LogP contribution in [-0.4, -0.2) is 84.1 Å². The van der Waals surface area contributed by atoms with Crippen molar-refractivity contribution in [3.8, 4) is 0 Å². The number of hydrogen-bond donors (Lipinski definition) is 1. The van der Waals surface area contributed by atoms with Gasteiger partial charge in [0.05, 0.1) is 17.4 Å². The van der Waals surface area contributed by atoms with Gasteiger partial charge in [-0.15, -0.1) is 0 Å². The van der Waals surface area contributed by atoms with Crippen LogP contribution in [0.1, 0.15) is 12.8 Å². The minimum atomic E-state index is -3.88. The van der Waals surface area contributed by atoms with E-state index in [4.69, 9.17) is 0 Å². The lowest BCUT2D eigenvalue weighted by Gasteiger charge is -2.36. The zero-order chi connectivity index (χ0) is 24.4. The first-order chi connectivity index (χ1) is 16.9.